The maximum atomic E-state index is 13.2. The summed E-state index contributed by atoms with van der Waals surface area (Å²) >= 11 is 0. The molecule has 126 valence electrons. The first-order valence-electron chi connectivity index (χ1n) is 8.42. The molecule has 0 radical (unpaired) electrons. The van der Waals surface area contributed by atoms with Gasteiger partial charge in [-0.25, -0.2) is 8.42 Å². The number of benzene rings is 1. The molecule has 0 N–H and O–H groups in total. The average molecular weight is 335 g/mol. The summed E-state index contributed by atoms with van der Waals surface area (Å²) in [4.78, 5) is 15.5. The van der Waals surface area contributed by atoms with Crippen LogP contribution in [-0.4, -0.2) is 38.6 Å². The number of rotatable bonds is 4. The van der Waals surface area contributed by atoms with Crippen molar-refractivity contribution >= 4 is 15.7 Å². The third kappa shape index (κ3) is 2.91. The quantitative estimate of drug-likeness (QED) is 0.850. The highest BCUT2D eigenvalue weighted by atomic mass is 32.2. The Morgan fingerprint density at radius 3 is 2.35 bits per heavy atom. The van der Waals surface area contributed by atoms with Gasteiger partial charge in [0.1, 0.15) is 0 Å². The molecule has 0 atom stereocenters. The minimum absolute atomic E-state index is 0.172. The van der Waals surface area contributed by atoms with Crippen LogP contribution in [0.4, 0.5) is 0 Å². The second kappa shape index (κ2) is 5.93. The lowest BCUT2D eigenvalue weighted by Crippen LogP contribution is -2.50. The number of carbonyl (C=O) groups excluding carboxylic acids is 1. The van der Waals surface area contributed by atoms with E-state index in [1.165, 1.54) is 12.7 Å². The molecule has 2 aliphatic rings. The maximum Gasteiger partial charge on any atom is 0.233 e. The molecule has 5 heteroatoms. The topological polar surface area (TPSA) is 54.5 Å². The number of likely N-dealkylation sites (N-methyl/N-ethyl adjacent to an activating group) is 1. The van der Waals surface area contributed by atoms with Gasteiger partial charge >= 0.3 is 0 Å². The number of sulfone groups is 1. The van der Waals surface area contributed by atoms with Gasteiger partial charge in [-0.15, -0.1) is 0 Å². The predicted octanol–water partition coefficient (Wildman–Crippen LogP) is 2.91. The SMILES string of the molecule is CN(C(=O)C1(c2cccc(S(C)(=O)=O)c2)CCCC1)C1CCC1. The molecule has 3 rings (SSSR count). The molecule has 2 saturated carbocycles. The van der Waals surface area contributed by atoms with E-state index in [2.05, 4.69) is 0 Å². The standard InChI is InChI=1S/C18H25NO3S/c1-19(15-8-6-9-15)17(20)18(11-3-4-12-18)14-7-5-10-16(13-14)23(2,21)22/h5,7,10,13,15H,3-4,6,8-9,11-12H2,1-2H3. The molecule has 1 aromatic rings. The number of amides is 1. The van der Waals surface area contributed by atoms with Gasteiger partial charge in [-0.05, 0) is 49.8 Å². The summed E-state index contributed by atoms with van der Waals surface area (Å²) in [6.45, 7) is 0. The van der Waals surface area contributed by atoms with Crippen LogP contribution in [0.5, 0.6) is 0 Å². The summed E-state index contributed by atoms with van der Waals surface area (Å²) < 4.78 is 23.8. The maximum absolute atomic E-state index is 13.2. The highest BCUT2D eigenvalue weighted by Gasteiger charge is 2.46. The van der Waals surface area contributed by atoms with Crippen LogP contribution in [0, 0.1) is 0 Å². The molecule has 1 amide bonds. The molecule has 4 nitrogen and oxygen atoms in total. The first kappa shape index (κ1) is 16.5. The lowest BCUT2D eigenvalue weighted by atomic mass is 9.76. The van der Waals surface area contributed by atoms with Crippen LogP contribution >= 0.6 is 0 Å². The third-order valence-corrected chi connectivity index (χ3v) is 6.73. The van der Waals surface area contributed by atoms with Gasteiger partial charge in [-0.3, -0.25) is 4.79 Å². The molecule has 2 aliphatic carbocycles. The Morgan fingerprint density at radius 1 is 1.17 bits per heavy atom. The Hall–Kier alpha value is -1.36. The molecule has 2 fully saturated rings. The fourth-order valence-electron chi connectivity index (χ4n) is 3.91. The van der Waals surface area contributed by atoms with E-state index in [0.717, 1.165) is 44.1 Å². The van der Waals surface area contributed by atoms with E-state index in [0.29, 0.717) is 10.9 Å². The van der Waals surface area contributed by atoms with Gasteiger partial charge < -0.3 is 4.90 Å². The largest absolute Gasteiger partial charge is 0.342 e. The van der Waals surface area contributed by atoms with Crippen molar-refractivity contribution in [2.75, 3.05) is 13.3 Å². The van der Waals surface area contributed by atoms with E-state index in [1.807, 2.05) is 18.0 Å². The van der Waals surface area contributed by atoms with Crippen LogP contribution < -0.4 is 0 Å². The lowest BCUT2D eigenvalue weighted by molar-refractivity contribution is -0.139. The predicted molar refractivity (Wildman–Crippen MR) is 90.1 cm³/mol. The van der Waals surface area contributed by atoms with Crippen LogP contribution in [0.3, 0.4) is 0 Å². The van der Waals surface area contributed by atoms with Crippen molar-refractivity contribution in [1.29, 1.82) is 0 Å². The Bertz CT molecular complexity index is 701. The highest BCUT2D eigenvalue weighted by Crippen LogP contribution is 2.44. The van der Waals surface area contributed by atoms with Crippen molar-refractivity contribution in [2.45, 2.75) is 61.3 Å². The molecule has 0 heterocycles. The van der Waals surface area contributed by atoms with Crippen molar-refractivity contribution in [3.8, 4) is 0 Å². The summed E-state index contributed by atoms with van der Waals surface area (Å²) in [7, 11) is -1.35. The third-order valence-electron chi connectivity index (χ3n) is 5.62. The molecule has 0 aromatic heterocycles. The van der Waals surface area contributed by atoms with Crippen molar-refractivity contribution < 1.29 is 13.2 Å². The van der Waals surface area contributed by atoms with E-state index in [4.69, 9.17) is 0 Å². The van der Waals surface area contributed by atoms with Crippen molar-refractivity contribution in [3.05, 3.63) is 29.8 Å². The van der Waals surface area contributed by atoms with Gasteiger partial charge in [0, 0.05) is 19.3 Å². The van der Waals surface area contributed by atoms with E-state index in [1.54, 1.807) is 18.2 Å². The lowest BCUT2D eigenvalue weighted by Gasteiger charge is -2.40. The minimum atomic E-state index is -3.26. The zero-order chi connectivity index (χ0) is 16.7. The van der Waals surface area contributed by atoms with Crippen LogP contribution in [-0.2, 0) is 20.0 Å². The number of hydrogen-bond donors (Lipinski definition) is 0. The highest BCUT2D eigenvalue weighted by molar-refractivity contribution is 7.90. The first-order valence-corrected chi connectivity index (χ1v) is 10.3. The molecule has 0 bridgehead atoms. The molecular formula is C18H25NO3S. The summed E-state index contributed by atoms with van der Waals surface area (Å²) in [6, 6.07) is 7.38. The van der Waals surface area contributed by atoms with E-state index >= 15 is 0 Å². The van der Waals surface area contributed by atoms with Gasteiger partial charge in [-0.1, -0.05) is 25.0 Å². The molecule has 0 saturated heterocycles. The molecule has 0 aliphatic heterocycles. The second-order valence-corrected chi connectivity index (χ2v) is 9.11. The van der Waals surface area contributed by atoms with Gasteiger partial charge in [0.15, 0.2) is 9.84 Å². The fourth-order valence-corrected chi connectivity index (χ4v) is 4.57. The molecule has 0 spiro atoms. The van der Waals surface area contributed by atoms with Crippen molar-refractivity contribution in [2.24, 2.45) is 0 Å². The first-order chi connectivity index (χ1) is 10.8. The molecular weight excluding hydrogens is 310 g/mol. The zero-order valence-corrected chi connectivity index (χ0v) is 14.7. The summed E-state index contributed by atoms with van der Waals surface area (Å²) in [5, 5.41) is 0. The van der Waals surface area contributed by atoms with E-state index < -0.39 is 15.3 Å². The Balaban J connectivity index is 1.99. The summed E-state index contributed by atoms with van der Waals surface area (Å²) in [6.07, 6.45) is 8.25. The normalized spacial score (nSPS) is 21.0. The summed E-state index contributed by atoms with van der Waals surface area (Å²) in [5.74, 6) is 0.172. The van der Waals surface area contributed by atoms with Crippen molar-refractivity contribution in [3.63, 3.8) is 0 Å². The number of nitrogens with zero attached hydrogens (tertiary/aromatic N) is 1. The fraction of sp³-hybridized carbons (Fsp3) is 0.611. The Kier molecular flexibility index (Phi) is 4.25. The van der Waals surface area contributed by atoms with Gasteiger partial charge in [-0.2, -0.15) is 0 Å². The monoisotopic (exact) mass is 335 g/mol. The Morgan fingerprint density at radius 2 is 1.83 bits per heavy atom. The Labute approximate surface area is 138 Å². The van der Waals surface area contributed by atoms with Crippen LogP contribution in [0.2, 0.25) is 0 Å². The smallest absolute Gasteiger partial charge is 0.233 e. The van der Waals surface area contributed by atoms with Crippen LogP contribution in [0.15, 0.2) is 29.2 Å². The van der Waals surface area contributed by atoms with E-state index in [9.17, 15) is 13.2 Å². The van der Waals surface area contributed by atoms with Gasteiger partial charge in [0.25, 0.3) is 0 Å². The average Bonchev–Trinajstić information content (AvgIpc) is 2.94. The molecule has 0 unspecified atom stereocenters. The molecule has 23 heavy (non-hydrogen) atoms. The zero-order valence-electron chi connectivity index (χ0n) is 13.9. The minimum Gasteiger partial charge on any atom is -0.342 e. The van der Waals surface area contributed by atoms with Gasteiger partial charge in [0.05, 0.1) is 10.3 Å². The number of hydrogen-bond acceptors (Lipinski definition) is 3. The van der Waals surface area contributed by atoms with Crippen LogP contribution in [0.25, 0.3) is 0 Å². The van der Waals surface area contributed by atoms with Crippen molar-refractivity contribution in [1.82, 2.24) is 4.90 Å². The number of carbonyl (C=O) groups is 1. The van der Waals surface area contributed by atoms with Crippen LogP contribution in [0.1, 0.15) is 50.5 Å². The summed E-state index contributed by atoms with van der Waals surface area (Å²) in [5.41, 5.74) is 0.333. The second-order valence-electron chi connectivity index (χ2n) is 7.09. The van der Waals surface area contributed by atoms with Gasteiger partial charge in [0.2, 0.25) is 5.91 Å². The van der Waals surface area contributed by atoms with E-state index in [-0.39, 0.29) is 5.91 Å². The molecule has 1 aromatic carbocycles.